The molecule has 6 rings (SSSR count). The second-order valence-electron chi connectivity index (χ2n) is 10.0. The number of anilines is 2. The minimum Gasteiger partial charge on any atom is -0.397 e. The number of benzene rings is 4. The molecule has 0 aromatic heterocycles. The van der Waals surface area contributed by atoms with Crippen LogP contribution in [0.2, 0.25) is 0 Å². The zero-order chi connectivity index (χ0) is 27.4. The molecule has 8 nitrogen and oxygen atoms in total. The molecule has 0 radical (unpaired) electrons. The number of aliphatic imine (C=N–C) groups is 2. The smallest absolute Gasteiger partial charge is 0.255 e. The van der Waals surface area contributed by atoms with E-state index < -0.39 is 5.79 Å². The number of hydrogen-bond donors (Lipinski definition) is 5. The van der Waals surface area contributed by atoms with Gasteiger partial charge in [-0.1, -0.05) is 78.9 Å². The number of para-hydroxylation sites is 2. The SMILES string of the molecule is Nc1ccccc1NC(=O)c1ccc(CN=C2NC=NC(NC3Cc4ccccc4C3)(c3ccccc3)N2)cc1. The molecule has 1 aliphatic carbocycles. The summed E-state index contributed by atoms with van der Waals surface area (Å²) in [5.41, 5.74) is 12.3. The maximum Gasteiger partial charge on any atom is 0.255 e. The number of carbonyl (C=O) groups is 1. The summed E-state index contributed by atoms with van der Waals surface area (Å²) in [6, 6.07) is 33.6. The third kappa shape index (κ3) is 5.43. The van der Waals surface area contributed by atoms with Crippen LogP contribution >= 0.6 is 0 Å². The van der Waals surface area contributed by atoms with Gasteiger partial charge in [-0.15, -0.1) is 0 Å². The molecule has 1 aliphatic heterocycles. The summed E-state index contributed by atoms with van der Waals surface area (Å²) in [5.74, 6) is -0.446. The quantitative estimate of drug-likeness (QED) is 0.231. The van der Waals surface area contributed by atoms with Gasteiger partial charge in [0.25, 0.3) is 5.91 Å². The molecule has 1 heterocycles. The topological polar surface area (TPSA) is 116 Å². The van der Waals surface area contributed by atoms with Crippen LogP contribution in [0.1, 0.15) is 32.6 Å². The summed E-state index contributed by atoms with van der Waals surface area (Å²) in [5, 5.41) is 13.3. The molecule has 200 valence electrons. The van der Waals surface area contributed by atoms with Crippen molar-refractivity contribution in [3.05, 3.63) is 131 Å². The van der Waals surface area contributed by atoms with Crippen LogP contribution in [-0.4, -0.2) is 24.2 Å². The van der Waals surface area contributed by atoms with Gasteiger partial charge in [0.2, 0.25) is 5.79 Å². The summed E-state index contributed by atoms with van der Waals surface area (Å²) in [6.07, 6.45) is 3.58. The number of guanidine groups is 1. The van der Waals surface area contributed by atoms with Crippen molar-refractivity contribution >= 4 is 29.6 Å². The second kappa shape index (κ2) is 11.0. The van der Waals surface area contributed by atoms with E-state index in [4.69, 9.17) is 15.7 Å². The molecule has 0 fully saturated rings. The Bertz CT molecular complexity index is 1540. The number of hydrogen-bond acceptors (Lipinski definition) is 5. The Morgan fingerprint density at radius 2 is 1.57 bits per heavy atom. The standard InChI is InChI=1S/C32H31N7O/c33-28-12-6-7-13-29(28)37-30(40)23-16-14-22(15-17-23)20-34-31-35-21-36-32(39-31,26-10-2-1-3-11-26)38-27-18-24-8-4-5-9-25(24)19-27/h1-17,21,27,38H,18-20,33H2,(H,37,40)(H2,34,35,36,39). The van der Waals surface area contributed by atoms with Gasteiger partial charge in [-0.25, -0.2) is 9.98 Å². The van der Waals surface area contributed by atoms with Crippen LogP contribution in [0.5, 0.6) is 0 Å². The first-order valence-corrected chi connectivity index (χ1v) is 13.4. The molecule has 2 aliphatic rings. The molecule has 0 saturated heterocycles. The molecular formula is C32H31N7O. The van der Waals surface area contributed by atoms with E-state index in [0.29, 0.717) is 29.4 Å². The molecule has 0 spiro atoms. The van der Waals surface area contributed by atoms with Crippen LogP contribution in [0.15, 0.2) is 113 Å². The molecule has 1 atom stereocenters. The first-order chi connectivity index (χ1) is 19.6. The minimum atomic E-state index is -0.848. The number of fused-ring (bicyclic) bond motifs is 1. The van der Waals surface area contributed by atoms with Gasteiger partial charge in [0.05, 0.1) is 24.3 Å². The fraction of sp³-hybridized carbons (Fsp3) is 0.156. The predicted molar refractivity (Wildman–Crippen MR) is 160 cm³/mol. The zero-order valence-corrected chi connectivity index (χ0v) is 22.0. The Labute approximate surface area is 233 Å². The van der Waals surface area contributed by atoms with E-state index in [-0.39, 0.29) is 11.9 Å². The Kier molecular flexibility index (Phi) is 6.99. The lowest BCUT2D eigenvalue weighted by molar-refractivity contribution is 0.102. The number of nitrogen functional groups attached to an aromatic ring is 1. The van der Waals surface area contributed by atoms with Crippen LogP contribution in [-0.2, 0) is 25.2 Å². The van der Waals surface area contributed by atoms with E-state index in [1.165, 1.54) is 11.1 Å². The fourth-order valence-corrected chi connectivity index (χ4v) is 5.19. The highest BCUT2D eigenvalue weighted by molar-refractivity contribution is 6.05. The van der Waals surface area contributed by atoms with Crippen molar-refractivity contribution in [2.45, 2.75) is 31.2 Å². The summed E-state index contributed by atoms with van der Waals surface area (Å²) in [4.78, 5) is 22.3. The average Bonchev–Trinajstić information content (AvgIpc) is 3.40. The zero-order valence-electron chi connectivity index (χ0n) is 22.0. The molecule has 40 heavy (non-hydrogen) atoms. The fourth-order valence-electron chi connectivity index (χ4n) is 5.19. The number of nitrogens with zero attached hydrogens (tertiary/aromatic N) is 2. The maximum absolute atomic E-state index is 12.7. The molecule has 1 amide bonds. The van der Waals surface area contributed by atoms with Crippen molar-refractivity contribution in [3.63, 3.8) is 0 Å². The van der Waals surface area contributed by atoms with Crippen LogP contribution in [0.3, 0.4) is 0 Å². The highest BCUT2D eigenvalue weighted by Gasteiger charge is 2.38. The Balaban J connectivity index is 1.16. The van der Waals surface area contributed by atoms with Crippen LogP contribution < -0.4 is 27.0 Å². The molecule has 0 saturated carbocycles. The molecule has 4 aromatic carbocycles. The number of rotatable bonds is 7. The second-order valence-corrected chi connectivity index (χ2v) is 10.0. The number of amides is 1. The van der Waals surface area contributed by atoms with Crippen molar-refractivity contribution in [3.8, 4) is 0 Å². The van der Waals surface area contributed by atoms with Crippen molar-refractivity contribution in [1.82, 2.24) is 16.0 Å². The first kappa shape index (κ1) is 25.3. The van der Waals surface area contributed by atoms with E-state index in [1.807, 2.05) is 42.5 Å². The Hall–Kier alpha value is -4.95. The number of nitrogens with one attached hydrogen (secondary N) is 4. The van der Waals surface area contributed by atoms with Crippen LogP contribution in [0.25, 0.3) is 0 Å². The first-order valence-electron chi connectivity index (χ1n) is 13.4. The van der Waals surface area contributed by atoms with E-state index in [1.54, 1.807) is 30.6 Å². The van der Waals surface area contributed by atoms with Crippen molar-refractivity contribution < 1.29 is 4.79 Å². The van der Waals surface area contributed by atoms with Gasteiger partial charge in [-0.3, -0.25) is 10.1 Å². The Morgan fingerprint density at radius 1 is 0.900 bits per heavy atom. The van der Waals surface area contributed by atoms with E-state index in [0.717, 1.165) is 24.0 Å². The molecule has 6 N–H and O–H groups in total. The summed E-state index contributed by atoms with van der Waals surface area (Å²) >= 11 is 0. The lowest BCUT2D eigenvalue weighted by Gasteiger charge is -2.38. The van der Waals surface area contributed by atoms with Crippen molar-refractivity contribution in [2.75, 3.05) is 11.1 Å². The van der Waals surface area contributed by atoms with Crippen LogP contribution in [0, 0.1) is 0 Å². The highest BCUT2D eigenvalue weighted by atomic mass is 16.1. The van der Waals surface area contributed by atoms with Gasteiger partial charge in [-0.2, -0.15) is 0 Å². The summed E-state index contributed by atoms with van der Waals surface area (Å²) in [7, 11) is 0. The molecule has 4 aromatic rings. The molecular weight excluding hydrogens is 498 g/mol. The predicted octanol–water partition coefficient (Wildman–Crippen LogP) is 4.17. The number of nitrogens with two attached hydrogens (primary N) is 1. The van der Waals surface area contributed by atoms with Gasteiger partial charge >= 0.3 is 0 Å². The van der Waals surface area contributed by atoms with Crippen molar-refractivity contribution in [1.29, 1.82) is 0 Å². The maximum atomic E-state index is 12.7. The van der Waals surface area contributed by atoms with Gasteiger partial charge < -0.3 is 21.7 Å². The van der Waals surface area contributed by atoms with E-state index in [9.17, 15) is 4.79 Å². The van der Waals surface area contributed by atoms with Gasteiger partial charge in [-0.05, 0) is 53.8 Å². The van der Waals surface area contributed by atoms with Gasteiger partial charge in [0, 0.05) is 17.2 Å². The minimum absolute atomic E-state index is 0.213. The van der Waals surface area contributed by atoms with E-state index in [2.05, 4.69) is 57.7 Å². The third-order valence-electron chi connectivity index (χ3n) is 7.26. The summed E-state index contributed by atoms with van der Waals surface area (Å²) in [6.45, 7) is 0.427. The lowest BCUT2D eigenvalue weighted by Crippen LogP contribution is -2.63. The van der Waals surface area contributed by atoms with Crippen LogP contribution in [0.4, 0.5) is 11.4 Å². The monoisotopic (exact) mass is 529 g/mol. The summed E-state index contributed by atoms with van der Waals surface area (Å²) < 4.78 is 0. The molecule has 8 heteroatoms. The average molecular weight is 530 g/mol. The largest absolute Gasteiger partial charge is 0.397 e. The normalized spacial score (nSPS) is 19.1. The third-order valence-corrected chi connectivity index (χ3v) is 7.26. The number of carbonyl (C=O) groups excluding carboxylic acids is 1. The molecule has 0 bridgehead atoms. The van der Waals surface area contributed by atoms with Crippen molar-refractivity contribution in [2.24, 2.45) is 9.98 Å². The Morgan fingerprint density at radius 3 is 2.30 bits per heavy atom. The van der Waals surface area contributed by atoms with Gasteiger partial charge in [0.15, 0.2) is 5.96 Å². The highest BCUT2D eigenvalue weighted by Crippen LogP contribution is 2.28. The van der Waals surface area contributed by atoms with E-state index >= 15 is 0 Å². The van der Waals surface area contributed by atoms with Gasteiger partial charge in [0.1, 0.15) is 0 Å². The lowest BCUT2D eigenvalue weighted by atomic mass is 10.1. The molecule has 1 unspecified atom stereocenters.